The maximum Gasteiger partial charge on any atom is 0.175 e. The van der Waals surface area contributed by atoms with Gasteiger partial charge in [0.15, 0.2) is 9.84 Å². The van der Waals surface area contributed by atoms with Crippen LogP contribution in [-0.2, 0) is 9.84 Å². The van der Waals surface area contributed by atoms with Crippen LogP contribution >= 0.6 is 12.4 Å². The molecule has 0 radical (unpaired) electrons. The second kappa shape index (κ2) is 6.89. The summed E-state index contributed by atoms with van der Waals surface area (Å²) >= 11 is 0. The molecule has 2 atom stereocenters. The molecule has 1 aliphatic rings. The standard InChI is InChI=1S/C14H22N2O2S.ClH/c1-11(16-9-3-4-13(15)10-16)12-5-7-14(8-6-12)19(2,17)18;/h5-8,11,13H,3-4,9-10,15H2,1-2H3;1H. The van der Waals surface area contributed by atoms with E-state index in [9.17, 15) is 8.42 Å². The average Bonchev–Trinajstić information content (AvgIpc) is 2.37. The largest absolute Gasteiger partial charge is 0.327 e. The van der Waals surface area contributed by atoms with Crippen LogP contribution < -0.4 is 5.73 Å². The molecule has 4 nitrogen and oxygen atoms in total. The van der Waals surface area contributed by atoms with Gasteiger partial charge in [0.25, 0.3) is 0 Å². The van der Waals surface area contributed by atoms with Crippen molar-refractivity contribution in [3.63, 3.8) is 0 Å². The first-order valence-corrected chi connectivity index (χ1v) is 8.56. The molecule has 0 saturated carbocycles. The molecule has 20 heavy (non-hydrogen) atoms. The van der Waals surface area contributed by atoms with Crippen LogP contribution in [0.5, 0.6) is 0 Å². The molecule has 1 aromatic carbocycles. The lowest BCUT2D eigenvalue weighted by Gasteiger charge is -2.35. The molecule has 1 aromatic rings. The van der Waals surface area contributed by atoms with Gasteiger partial charge < -0.3 is 5.73 Å². The quantitative estimate of drug-likeness (QED) is 0.926. The van der Waals surface area contributed by atoms with Gasteiger partial charge in [-0.05, 0) is 44.0 Å². The Balaban J connectivity index is 0.00000200. The Bertz CT molecular complexity index is 531. The molecule has 0 amide bonds. The van der Waals surface area contributed by atoms with E-state index in [4.69, 9.17) is 5.73 Å². The topological polar surface area (TPSA) is 63.4 Å². The van der Waals surface area contributed by atoms with E-state index in [1.54, 1.807) is 12.1 Å². The first-order chi connectivity index (χ1) is 8.88. The third-order valence-electron chi connectivity index (χ3n) is 3.83. The summed E-state index contributed by atoms with van der Waals surface area (Å²) in [6.45, 7) is 4.12. The first kappa shape index (κ1) is 17.4. The summed E-state index contributed by atoms with van der Waals surface area (Å²) in [4.78, 5) is 2.74. The van der Waals surface area contributed by atoms with Gasteiger partial charge in [-0.15, -0.1) is 12.4 Å². The van der Waals surface area contributed by atoms with Crippen molar-refractivity contribution in [2.75, 3.05) is 19.3 Å². The smallest absolute Gasteiger partial charge is 0.175 e. The van der Waals surface area contributed by atoms with Crippen molar-refractivity contribution >= 4 is 22.2 Å². The van der Waals surface area contributed by atoms with Crippen molar-refractivity contribution in [2.24, 2.45) is 5.73 Å². The van der Waals surface area contributed by atoms with E-state index in [2.05, 4.69) is 11.8 Å². The van der Waals surface area contributed by atoms with Crippen molar-refractivity contribution in [2.45, 2.75) is 36.7 Å². The number of piperidine rings is 1. The normalized spacial score (nSPS) is 22.1. The molecule has 1 fully saturated rings. The van der Waals surface area contributed by atoms with E-state index >= 15 is 0 Å². The Hall–Kier alpha value is -0.620. The number of nitrogens with two attached hydrogens (primary N) is 1. The van der Waals surface area contributed by atoms with Crippen molar-refractivity contribution < 1.29 is 8.42 Å². The molecule has 0 spiro atoms. The Labute approximate surface area is 127 Å². The van der Waals surface area contributed by atoms with Crippen molar-refractivity contribution in [1.29, 1.82) is 0 Å². The first-order valence-electron chi connectivity index (χ1n) is 6.67. The summed E-state index contributed by atoms with van der Waals surface area (Å²) in [5.41, 5.74) is 7.14. The van der Waals surface area contributed by atoms with Crippen LogP contribution in [0.25, 0.3) is 0 Å². The second-order valence-corrected chi connectivity index (χ2v) is 7.43. The highest BCUT2D eigenvalue weighted by atomic mass is 35.5. The minimum Gasteiger partial charge on any atom is -0.327 e. The van der Waals surface area contributed by atoms with E-state index in [1.807, 2.05) is 12.1 Å². The van der Waals surface area contributed by atoms with Gasteiger partial charge in [0.05, 0.1) is 4.90 Å². The number of hydrogen-bond donors (Lipinski definition) is 1. The zero-order valence-electron chi connectivity index (χ0n) is 12.0. The fourth-order valence-corrected chi connectivity index (χ4v) is 3.23. The summed E-state index contributed by atoms with van der Waals surface area (Å²) in [5.74, 6) is 0. The summed E-state index contributed by atoms with van der Waals surface area (Å²) in [6, 6.07) is 7.71. The molecule has 1 aliphatic heterocycles. The van der Waals surface area contributed by atoms with Gasteiger partial charge in [-0.3, -0.25) is 4.90 Å². The third-order valence-corrected chi connectivity index (χ3v) is 4.96. The number of likely N-dealkylation sites (tertiary alicyclic amines) is 1. The van der Waals surface area contributed by atoms with Gasteiger partial charge in [-0.2, -0.15) is 0 Å². The van der Waals surface area contributed by atoms with Gasteiger partial charge in [-0.25, -0.2) is 8.42 Å². The van der Waals surface area contributed by atoms with Gasteiger partial charge in [-0.1, -0.05) is 12.1 Å². The van der Waals surface area contributed by atoms with Crippen LogP contribution in [0.1, 0.15) is 31.4 Å². The zero-order chi connectivity index (χ0) is 14.0. The Kier molecular flexibility index (Phi) is 6.01. The molecule has 1 saturated heterocycles. The van der Waals surface area contributed by atoms with E-state index in [-0.39, 0.29) is 24.5 Å². The SMILES string of the molecule is CC(c1ccc(S(C)(=O)=O)cc1)N1CCCC(N)C1.Cl. The molecule has 0 aromatic heterocycles. The third kappa shape index (κ3) is 4.19. The molecule has 0 aliphatic carbocycles. The monoisotopic (exact) mass is 318 g/mol. The molecule has 114 valence electrons. The van der Waals surface area contributed by atoms with Gasteiger partial charge in [0, 0.05) is 24.9 Å². The lowest BCUT2D eigenvalue weighted by molar-refractivity contribution is 0.159. The maximum atomic E-state index is 11.4. The van der Waals surface area contributed by atoms with E-state index in [0.717, 1.165) is 31.5 Å². The highest BCUT2D eigenvalue weighted by molar-refractivity contribution is 7.90. The van der Waals surface area contributed by atoms with Crippen molar-refractivity contribution in [1.82, 2.24) is 4.90 Å². The number of halogens is 1. The van der Waals surface area contributed by atoms with Crippen LogP contribution in [-0.4, -0.2) is 38.7 Å². The molecular weight excluding hydrogens is 296 g/mol. The summed E-state index contributed by atoms with van der Waals surface area (Å²) in [7, 11) is -3.11. The van der Waals surface area contributed by atoms with Crippen LogP contribution in [0.2, 0.25) is 0 Å². The van der Waals surface area contributed by atoms with E-state index < -0.39 is 9.84 Å². The highest BCUT2D eigenvalue weighted by Crippen LogP contribution is 2.24. The van der Waals surface area contributed by atoms with Crippen LogP contribution in [0.4, 0.5) is 0 Å². The van der Waals surface area contributed by atoms with Crippen LogP contribution in [0, 0.1) is 0 Å². The predicted octanol–water partition coefficient (Wildman–Crippen LogP) is 2.00. The van der Waals surface area contributed by atoms with Crippen LogP contribution in [0.15, 0.2) is 29.2 Å². The Morgan fingerprint density at radius 1 is 1.30 bits per heavy atom. The molecule has 2 unspecified atom stereocenters. The van der Waals surface area contributed by atoms with E-state index in [1.165, 1.54) is 6.26 Å². The lowest BCUT2D eigenvalue weighted by Crippen LogP contribution is -2.43. The zero-order valence-corrected chi connectivity index (χ0v) is 13.6. The minimum atomic E-state index is -3.11. The fourth-order valence-electron chi connectivity index (χ4n) is 2.60. The molecular formula is C14H23ClN2O2S. The number of benzene rings is 1. The minimum absolute atomic E-state index is 0. The molecule has 1 heterocycles. The summed E-state index contributed by atoms with van der Waals surface area (Å²) in [5, 5.41) is 0. The Morgan fingerprint density at radius 2 is 1.90 bits per heavy atom. The lowest BCUT2D eigenvalue weighted by atomic mass is 10.0. The van der Waals surface area contributed by atoms with Crippen molar-refractivity contribution in [3.8, 4) is 0 Å². The van der Waals surface area contributed by atoms with E-state index in [0.29, 0.717) is 4.90 Å². The van der Waals surface area contributed by atoms with Gasteiger partial charge in [0.1, 0.15) is 0 Å². The maximum absolute atomic E-state index is 11.4. The molecule has 6 heteroatoms. The number of sulfone groups is 1. The van der Waals surface area contributed by atoms with Gasteiger partial charge in [0.2, 0.25) is 0 Å². The number of rotatable bonds is 3. The Morgan fingerprint density at radius 3 is 2.40 bits per heavy atom. The van der Waals surface area contributed by atoms with Crippen molar-refractivity contribution in [3.05, 3.63) is 29.8 Å². The molecule has 2 rings (SSSR count). The number of nitrogens with zero attached hydrogens (tertiary/aromatic N) is 1. The average molecular weight is 319 g/mol. The highest BCUT2D eigenvalue weighted by Gasteiger charge is 2.22. The van der Waals surface area contributed by atoms with Gasteiger partial charge >= 0.3 is 0 Å². The number of hydrogen-bond acceptors (Lipinski definition) is 4. The fraction of sp³-hybridized carbons (Fsp3) is 0.571. The molecule has 0 bridgehead atoms. The van der Waals surface area contributed by atoms with Crippen LogP contribution in [0.3, 0.4) is 0 Å². The molecule has 2 N–H and O–H groups in total. The summed E-state index contributed by atoms with van der Waals surface area (Å²) < 4.78 is 22.9. The predicted molar refractivity (Wildman–Crippen MR) is 84.0 cm³/mol. The second-order valence-electron chi connectivity index (χ2n) is 5.41. The summed E-state index contributed by atoms with van der Waals surface area (Å²) in [6.07, 6.45) is 3.46.